The number of nitrogens with zero attached hydrogens (tertiary/aromatic N) is 5. The summed E-state index contributed by atoms with van der Waals surface area (Å²) in [7, 11) is 1.91. The first-order chi connectivity index (χ1) is 12.9. The van der Waals surface area contributed by atoms with Crippen molar-refractivity contribution in [1.29, 1.82) is 0 Å². The average molecular weight is 400 g/mol. The van der Waals surface area contributed by atoms with E-state index in [9.17, 15) is 4.79 Å². The number of thioether (sulfide) groups is 2. The third-order valence-electron chi connectivity index (χ3n) is 3.92. The molecule has 0 aliphatic heterocycles. The number of aryl methyl sites for hydroxylation is 3. The van der Waals surface area contributed by atoms with Crippen LogP contribution in [-0.2, 0) is 12.8 Å². The van der Waals surface area contributed by atoms with Crippen LogP contribution in [0, 0.1) is 20.8 Å². The minimum absolute atomic E-state index is 0.0857. The Bertz CT molecular complexity index is 933. The van der Waals surface area contributed by atoms with Gasteiger partial charge in [0.25, 0.3) is 0 Å². The second-order valence-electron chi connectivity index (χ2n) is 6.26. The van der Waals surface area contributed by atoms with Gasteiger partial charge in [-0.25, -0.2) is 9.97 Å². The smallest absolute Gasteiger partial charge is 0.191 e. The van der Waals surface area contributed by atoms with Crippen LogP contribution in [0.5, 0.6) is 0 Å². The molecule has 0 unspecified atom stereocenters. The molecule has 2 aromatic heterocycles. The van der Waals surface area contributed by atoms with Crippen molar-refractivity contribution in [1.82, 2.24) is 24.7 Å². The van der Waals surface area contributed by atoms with Gasteiger partial charge in [-0.3, -0.25) is 4.79 Å². The van der Waals surface area contributed by atoms with E-state index in [0.29, 0.717) is 11.5 Å². The number of carbonyl (C=O) groups excluding carboxylic acids is 1. The fourth-order valence-electron chi connectivity index (χ4n) is 2.44. The molecule has 0 aliphatic carbocycles. The maximum atomic E-state index is 12.3. The molecule has 0 fully saturated rings. The molecule has 8 heteroatoms. The second kappa shape index (κ2) is 8.67. The van der Waals surface area contributed by atoms with E-state index in [1.807, 2.05) is 62.7 Å². The molecule has 6 nitrogen and oxygen atoms in total. The van der Waals surface area contributed by atoms with Gasteiger partial charge in [0.05, 0.1) is 11.5 Å². The Kier molecular flexibility index (Phi) is 6.28. The van der Waals surface area contributed by atoms with Gasteiger partial charge >= 0.3 is 0 Å². The first-order valence-corrected chi connectivity index (χ1v) is 10.5. The lowest BCUT2D eigenvalue weighted by molar-refractivity contribution is 0.102. The van der Waals surface area contributed by atoms with Gasteiger partial charge in [0.2, 0.25) is 0 Å². The Labute approximate surface area is 167 Å². The van der Waals surface area contributed by atoms with Crippen molar-refractivity contribution < 1.29 is 4.79 Å². The number of carbonyl (C=O) groups is 1. The fourth-order valence-corrected chi connectivity index (χ4v) is 4.19. The van der Waals surface area contributed by atoms with Crippen molar-refractivity contribution in [3.8, 4) is 0 Å². The second-order valence-corrected chi connectivity index (χ2v) is 8.14. The number of ketones is 1. The Hall–Kier alpha value is -2.19. The van der Waals surface area contributed by atoms with E-state index in [-0.39, 0.29) is 5.78 Å². The van der Waals surface area contributed by atoms with Crippen LogP contribution in [0.25, 0.3) is 0 Å². The summed E-state index contributed by atoms with van der Waals surface area (Å²) >= 11 is 2.93. The molecule has 0 amide bonds. The molecule has 0 saturated heterocycles. The maximum absolute atomic E-state index is 12.3. The molecule has 140 valence electrons. The largest absolute Gasteiger partial charge is 0.308 e. The minimum Gasteiger partial charge on any atom is -0.308 e. The number of hydrogen-bond donors (Lipinski definition) is 0. The molecule has 0 radical (unpaired) electrons. The predicted molar refractivity (Wildman–Crippen MR) is 108 cm³/mol. The Balaban J connectivity index is 1.59. The Morgan fingerprint density at radius 1 is 1.00 bits per heavy atom. The van der Waals surface area contributed by atoms with Crippen LogP contribution in [0.4, 0.5) is 0 Å². The van der Waals surface area contributed by atoms with Crippen molar-refractivity contribution in [2.75, 3.05) is 5.75 Å². The molecular weight excluding hydrogens is 378 g/mol. The van der Waals surface area contributed by atoms with Crippen LogP contribution < -0.4 is 0 Å². The van der Waals surface area contributed by atoms with Crippen LogP contribution in [0.1, 0.15) is 33.1 Å². The SMILES string of the molecule is Cc1ccc(C(=O)CSc2nnc(CSc3nc(C)cc(C)n3)n2C)cc1. The normalized spacial score (nSPS) is 11.0. The van der Waals surface area contributed by atoms with E-state index < -0.39 is 0 Å². The van der Waals surface area contributed by atoms with Crippen molar-refractivity contribution in [2.24, 2.45) is 7.05 Å². The molecule has 0 saturated carbocycles. The molecule has 3 aromatic rings. The van der Waals surface area contributed by atoms with E-state index in [0.717, 1.165) is 38.7 Å². The number of Topliss-reactive ketones (excluding diaryl/α,β-unsaturated/α-hetero) is 1. The fraction of sp³-hybridized carbons (Fsp3) is 0.316. The highest BCUT2D eigenvalue weighted by molar-refractivity contribution is 7.99. The maximum Gasteiger partial charge on any atom is 0.191 e. The Morgan fingerprint density at radius 3 is 2.33 bits per heavy atom. The van der Waals surface area contributed by atoms with Gasteiger partial charge in [0, 0.05) is 24.0 Å². The topological polar surface area (TPSA) is 73.6 Å². The number of aromatic nitrogens is 5. The summed E-state index contributed by atoms with van der Waals surface area (Å²) in [5, 5.41) is 9.92. The molecule has 1 aromatic carbocycles. The molecule has 0 spiro atoms. The van der Waals surface area contributed by atoms with Crippen LogP contribution in [0.15, 0.2) is 40.6 Å². The summed E-state index contributed by atoms with van der Waals surface area (Å²) in [6, 6.07) is 9.57. The number of benzene rings is 1. The number of hydrogen-bond acceptors (Lipinski definition) is 7. The van der Waals surface area contributed by atoms with E-state index >= 15 is 0 Å². The molecule has 0 atom stereocenters. The first-order valence-electron chi connectivity index (χ1n) is 8.48. The standard InChI is InChI=1S/C19H21N5OS2/c1-12-5-7-15(8-6-12)16(25)10-27-19-23-22-17(24(19)4)11-26-18-20-13(2)9-14(3)21-18/h5-9H,10-11H2,1-4H3. The summed E-state index contributed by atoms with van der Waals surface area (Å²) in [6.45, 7) is 5.92. The summed E-state index contributed by atoms with van der Waals surface area (Å²) in [5.74, 6) is 1.87. The third kappa shape index (κ3) is 5.17. The third-order valence-corrected chi connectivity index (χ3v) is 5.79. The van der Waals surface area contributed by atoms with Crippen LogP contribution in [-0.4, -0.2) is 36.3 Å². The lowest BCUT2D eigenvalue weighted by atomic mass is 10.1. The van der Waals surface area contributed by atoms with Crippen molar-refractivity contribution in [2.45, 2.75) is 36.8 Å². The Morgan fingerprint density at radius 2 is 1.67 bits per heavy atom. The zero-order valence-corrected chi connectivity index (χ0v) is 17.4. The molecule has 0 bridgehead atoms. The molecule has 3 rings (SSSR count). The molecule has 0 aliphatic rings. The van der Waals surface area contributed by atoms with Gasteiger partial charge in [0.1, 0.15) is 5.82 Å². The van der Waals surface area contributed by atoms with Gasteiger partial charge in [0.15, 0.2) is 16.1 Å². The van der Waals surface area contributed by atoms with Gasteiger partial charge in [-0.1, -0.05) is 53.4 Å². The summed E-state index contributed by atoms with van der Waals surface area (Å²) in [6.07, 6.45) is 0. The van der Waals surface area contributed by atoms with Gasteiger partial charge < -0.3 is 4.57 Å². The van der Waals surface area contributed by atoms with Gasteiger partial charge in [-0.15, -0.1) is 10.2 Å². The summed E-state index contributed by atoms with van der Waals surface area (Å²) < 4.78 is 1.92. The highest BCUT2D eigenvalue weighted by Gasteiger charge is 2.13. The molecular formula is C19H21N5OS2. The quantitative estimate of drug-likeness (QED) is 0.340. The van der Waals surface area contributed by atoms with Crippen LogP contribution in [0.3, 0.4) is 0 Å². The van der Waals surface area contributed by atoms with E-state index in [2.05, 4.69) is 20.2 Å². The predicted octanol–water partition coefficient (Wildman–Crippen LogP) is 3.80. The minimum atomic E-state index is 0.0857. The van der Waals surface area contributed by atoms with Crippen LogP contribution >= 0.6 is 23.5 Å². The van der Waals surface area contributed by atoms with E-state index in [1.165, 1.54) is 23.5 Å². The van der Waals surface area contributed by atoms with Crippen LogP contribution in [0.2, 0.25) is 0 Å². The zero-order chi connectivity index (χ0) is 19.4. The monoisotopic (exact) mass is 399 g/mol. The highest BCUT2D eigenvalue weighted by atomic mass is 32.2. The van der Waals surface area contributed by atoms with Gasteiger partial charge in [-0.05, 0) is 26.8 Å². The average Bonchev–Trinajstić information content (AvgIpc) is 2.97. The molecule has 2 heterocycles. The summed E-state index contributed by atoms with van der Waals surface area (Å²) in [4.78, 5) is 21.2. The molecule has 27 heavy (non-hydrogen) atoms. The number of rotatable bonds is 7. The van der Waals surface area contributed by atoms with Crippen molar-refractivity contribution in [3.63, 3.8) is 0 Å². The lowest BCUT2D eigenvalue weighted by Crippen LogP contribution is -2.04. The zero-order valence-electron chi connectivity index (χ0n) is 15.8. The molecule has 0 N–H and O–H groups in total. The van der Waals surface area contributed by atoms with E-state index in [4.69, 9.17) is 0 Å². The van der Waals surface area contributed by atoms with Crippen molar-refractivity contribution in [3.05, 3.63) is 58.7 Å². The first kappa shape index (κ1) is 19.6. The van der Waals surface area contributed by atoms with Crippen molar-refractivity contribution >= 4 is 29.3 Å². The van der Waals surface area contributed by atoms with Gasteiger partial charge in [-0.2, -0.15) is 0 Å². The highest BCUT2D eigenvalue weighted by Crippen LogP contribution is 2.22. The van der Waals surface area contributed by atoms with E-state index in [1.54, 1.807) is 0 Å². The lowest BCUT2D eigenvalue weighted by Gasteiger charge is -2.05. The summed E-state index contributed by atoms with van der Waals surface area (Å²) in [5.41, 5.74) is 3.77.